The average molecular weight is 381 g/mol. The predicted octanol–water partition coefficient (Wildman–Crippen LogP) is 3.98. The maximum absolute atomic E-state index is 12.4. The van der Waals surface area contributed by atoms with Crippen molar-refractivity contribution in [1.82, 2.24) is 4.31 Å². The number of nitrogens with zero attached hydrogens (tertiary/aromatic N) is 1. The van der Waals surface area contributed by atoms with E-state index in [4.69, 9.17) is 11.6 Å². The quantitative estimate of drug-likeness (QED) is 0.804. The summed E-state index contributed by atoms with van der Waals surface area (Å²) in [7, 11) is -2.03. The molecule has 19 heavy (non-hydrogen) atoms. The Morgan fingerprint density at radius 3 is 2.68 bits per heavy atom. The lowest BCUT2D eigenvalue weighted by atomic mass is 10.4. The second-order valence-electron chi connectivity index (χ2n) is 3.92. The monoisotopic (exact) mass is 379 g/mol. The smallest absolute Gasteiger partial charge is 0.207 e. The van der Waals surface area contributed by atoms with Crippen LogP contribution in [0, 0.1) is 0 Å². The van der Waals surface area contributed by atoms with Gasteiger partial charge in [0.1, 0.15) is 4.90 Å². The van der Waals surface area contributed by atoms with Crippen LogP contribution in [0.25, 0.3) is 0 Å². The summed E-state index contributed by atoms with van der Waals surface area (Å²) in [5.74, 6) is 0. The molecule has 0 atom stereocenters. The summed E-state index contributed by atoms with van der Waals surface area (Å²) in [6.45, 7) is 0.340. The Kier molecular flexibility index (Phi) is 4.68. The molecule has 0 bridgehead atoms. The van der Waals surface area contributed by atoms with Gasteiger partial charge in [0.15, 0.2) is 0 Å². The third-order valence-electron chi connectivity index (χ3n) is 2.54. The van der Waals surface area contributed by atoms with Gasteiger partial charge in [-0.3, -0.25) is 0 Å². The molecule has 0 aliphatic rings. The van der Waals surface area contributed by atoms with Crippen molar-refractivity contribution in [3.8, 4) is 0 Å². The van der Waals surface area contributed by atoms with Crippen LogP contribution < -0.4 is 0 Å². The summed E-state index contributed by atoms with van der Waals surface area (Å²) in [6.07, 6.45) is 0. The number of hydrogen-bond donors (Lipinski definition) is 0. The van der Waals surface area contributed by atoms with Gasteiger partial charge in [-0.05, 0) is 29.6 Å². The number of benzene rings is 1. The first-order valence-electron chi connectivity index (χ1n) is 5.35. The van der Waals surface area contributed by atoms with Crippen molar-refractivity contribution in [1.29, 1.82) is 0 Å². The molecule has 0 amide bonds. The zero-order valence-corrected chi connectivity index (χ0v) is 14.0. The van der Waals surface area contributed by atoms with Crippen molar-refractivity contribution in [2.75, 3.05) is 7.05 Å². The fourth-order valence-electron chi connectivity index (χ4n) is 1.56. The van der Waals surface area contributed by atoms with Crippen molar-refractivity contribution in [3.05, 3.63) is 50.1 Å². The van der Waals surface area contributed by atoms with Gasteiger partial charge >= 0.3 is 0 Å². The van der Waals surface area contributed by atoms with Crippen LogP contribution in [-0.4, -0.2) is 19.8 Å². The standard InChI is InChI=1S/C12H11BrClNO2S2/c1-15(8-10-3-2-6-18-10)19(16,17)12-5-4-9(13)7-11(12)14/h2-7H,8H2,1H3. The predicted molar refractivity (Wildman–Crippen MR) is 82.1 cm³/mol. The van der Waals surface area contributed by atoms with Gasteiger partial charge in [0.05, 0.1) is 5.02 Å². The van der Waals surface area contributed by atoms with Gasteiger partial charge < -0.3 is 0 Å². The number of hydrogen-bond acceptors (Lipinski definition) is 3. The Morgan fingerprint density at radius 1 is 1.37 bits per heavy atom. The molecule has 0 unspecified atom stereocenters. The first-order chi connectivity index (χ1) is 8.91. The molecule has 0 saturated carbocycles. The first-order valence-corrected chi connectivity index (χ1v) is 8.84. The lowest BCUT2D eigenvalue weighted by molar-refractivity contribution is 0.469. The van der Waals surface area contributed by atoms with E-state index in [-0.39, 0.29) is 9.92 Å². The molecule has 0 saturated heterocycles. The van der Waals surface area contributed by atoms with Crippen LogP contribution in [0.2, 0.25) is 5.02 Å². The molecule has 2 aromatic rings. The van der Waals surface area contributed by atoms with Gasteiger partial charge in [0.2, 0.25) is 10.0 Å². The van der Waals surface area contributed by atoms with Gasteiger partial charge in [-0.2, -0.15) is 4.31 Å². The average Bonchev–Trinajstić information content (AvgIpc) is 2.81. The molecule has 102 valence electrons. The van der Waals surface area contributed by atoms with Crippen LogP contribution in [0.3, 0.4) is 0 Å². The van der Waals surface area contributed by atoms with Gasteiger partial charge in [-0.1, -0.05) is 33.6 Å². The van der Waals surface area contributed by atoms with Crippen LogP contribution in [0.1, 0.15) is 4.88 Å². The van der Waals surface area contributed by atoms with Gasteiger partial charge in [-0.15, -0.1) is 11.3 Å². The van der Waals surface area contributed by atoms with E-state index in [0.717, 1.165) is 9.35 Å². The van der Waals surface area contributed by atoms with Crippen molar-refractivity contribution >= 4 is 48.9 Å². The Bertz CT molecular complexity index is 671. The van der Waals surface area contributed by atoms with Crippen molar-refractivity contribution < 1.29 is 8.42 Å². The van der Waals surface area contributed by atoms with Crippen LogP contribution in [0.15, 0.2) is 45.1 Å². The summed E-state index contributed by atoms with van der Waals surface area (Å²) in [6, 6.07) is 8.55. The van der Waals surface area contributed by atoms with E-state index in [1.54, 1.807) is 19.2 Å². The molecule has 0 N–H and O–H groups in total. The maximum atomic E-state index is 12.4. The molecule has 2 rings (SSSR count). The highest BCUT2D eigenvalue weighted by atomic mass is 79.9. The number of rotatable bonds is 4. The molecule has 7 heteroatoms. The van der Waals surface area contributed by atoms with Crippen LogP contribution in [0.5, 0.6) is 0 Å². The SMILES string of the molecule is CN(Cc1cccs1)S(=O)(=O)c1ccc(Br)cc1Cl. The molecular weight excluding hydrogens is 370 g/mol. The van der Waals surface area contributed by atoms with E-state index < -0.39 is 10.0 Å². The second kappa shape index (κ2) is 5.93. The van der Waals surface area contributed by atoms with Crippen LogP contribution in [0.4, 0.5) is 0 Å². The largest absolute Gasteiger partial charge is 0.244 e. The Balaban J connectivity index is 2.31. The second-order valence-corrected chi connectivity index (χ2v) is 8.28. The summed E-state index contributed by atoms with van der Waals surface area (Å²) in [4.78, 5) is 1.11. The molecule has 0 radical (unpaired) electrons. The molecule has 0 aliphatic heterocycles. The maximum Gasteiger partial charge on any atom is 0.244 e. The van der Waals surface area contributed by atoms with E-state index in [9.17, 15) is 8.42 Å². The summed E-state index contributed by atoms with van der Waals surface area (Å²) >= 11 is 10.8. The Morgan fingerprint density at radius 2 is 2.11 bits per heavy atom. The number of thiophene rings is 1. The highest BCUT2D eigenvalue weighted by Crippen LogP contribution is 2.28. The molecule has 0 aliphatic carbocycles. The Hall–Kier alpha value is -0.400. The van der Waals surface area contributed by atoms with E-state index >= 15 is 0 Å². The first kappa shape index (κ1) is 15.0. The molecule has 3 nitrogen and oxygen atoms in total. The minimum Gasteiger partial charge on any atom is -0.207 e. The molecule has 1 heterocycles. The lowest BCUT2D eigenvalue weighted by Crippen LogP contribution is -2.26. The van der Waals surface area contributed by atoms with E-state index in [1.165, 1.54) is 21.7 Å². The number of sulfonamides is 1. The molecule has 1 aromatic carbocycles. The summed E-state index contributed by atoms with van der Waals surface area (Å²) in [5.41, 5.74) is 0. The zero-order chi connectivity index (χ0) is 14.0. The molecular formula is C12H11BrClNO2S2. The normalized spacial score (nSPS) is 12.0. The fraction of sp³-hybridized carbons (Fsp3) is 0.167. The fourth-order valence-corrected chi connectivity index (χ4v) is 4.55. The third kappa shape index (κ3) is 3.38. The van der Waals surface area contributed by atoms with Crippen molar-refractivity contribution in [2.24, 2.45) is 0 Å². The topological polar surface area (TPSA) is 37.4 Å². The Labute approximate surface area is 130 Å². The van der Waals surface area contributed by atoms with E-state index in [0.29, 0.717) is 6.54 Å². The summed E-state index contributed by atoms with van der Waals surface area (Å²) < 4.78 is 26.9. The van der Waals surface area contributed by atoms with Crippen LogP contribution in [-0.2, 0) is 16.6 Å². The highest BCUT2D eigenvalue weighted by Gasteiger charge is 2.23. The minimum absolute atomic E-state index is 0.122. The number of halogens is 2. The van der Waals surface area contributed by atoms with Crippen LogP contribution >= 0.6 is 38.9 Å². The third-order valence-corrected chi connectivity index (χ3v) is 6.18. The zero-order valence-electron chi connectivity index (χ0n) is 10.0. The van der Waals surface area contributed by atoms with E-state index in [1.807, 2.05) is 17.5 Å². The van der Waals surface area contributed by atoms with Gasteiger partial charge in [0, 0.05) is 22.9 Å². The molecule has 0 spiro atoms. The van der Waals surface area contributed by atoms with E-state index in [2.05, 4.69) is 15.9 Å². The van der Waals surface area contributed by atoms with Crippen molar-refractivity contribution in [3.63, 3.8) is 0 Å². The minimum atomic E-state index is -3.58. The molecule has 1 aromatic heterocycles. The van der Waals surface area contributed by atoms with Gasteiger partial charge in [-0.25, -0.2) is 8.42 Å². The summed E-state index contributed by atoms with van der Waals surface area (Å²) in [5, 5.41) is 2.13. The van der Waals surface area contributed by atoms with Gasteiger partial charge in [0.25, 0.3) is 0 Å². The lowest BCUT2D eigenvalue weighted by Gasteiger charge is -2.17. The molecule has 0 fully saturated rings. The highest BCUT2D eigenvalue weighted by molar-refractivity contribution is 9.10. The van der Waals surface area contributed by atoms with Crippen molar-refractivity contribution in [2.45, 2.75) is 11.4 Å².